The van der Waals surface area contributed by atoms with Gasteiger partial charge in [-0.1, -0.05) is 30.0 Å². The molecule has 2 aromatic rings. The molecule has 92 valence electrons. The van der Waals surface area contributed by atoms with E-state index in [1.54, 1.807) is 17.8 Å². The third-order valence-corrected chi connectivity index (χ3v) is 4.66. The van der Waals surface area contributed by atoms with Crippen molar-refractivity contribution in [3.63, 3.8) is 0 Å². The van der Waals surface area contributed by atoms with Gasteiger partial charge in [-0.2, -0.15) is 0 Å². The standard InChI is InChI=1S/C13H10BrNO2S/c1-9-12(18-10-5-3-2-4-6-10)8-7-11(13(9)14)15(16)17/h2-8H,1H3. The fraction of sp³-hybridized carbons (Fsp3) is 0.0769. The average Bonchev–Trinajstić information content (AvgIpc) is 2.36. The SMILES string of the molecule is Cc1c(Sc2ccccc2)ccc([N+](=O)[O-])c1Br. The Morgan fingerprint density at radius 3 is 2.44 bits per heavy atom. The van der Waals surface area contributed by atoms with Gasteiger partial charge in [0.1, 0.15) is 0 Å². The van der Waals surface area contributed by atoms with Crippen molar-refractivity contribution < 1.29 is 4.92 Å². The van der Waals surface area contributed by atoms with Crippen LogP contribution in [0.3, 0.4) is 0 Å². The van der Waals surface area contributed by atoms with Gasteiger partial charge in [-0.15, -0.1) is 0 Å². The molecule has 2 rings (SSSR count). The Bertz CT molecular complexity index is 587. The number of halogens is 1. The maximum atomic E-state index is 10.8. The average molecular weight is 324 g/mol. The van der Waals surface area contributed by atoms with Crippen molar-refractivity contribution in [1.29, 1.82) is 0 Å². The summed E-state index contributed by atoms with van der Waals surface area (Å²) < 4.78 is 0.549. The molecule has 0 atom stereocenters. The number of hydrogen-bond donors (Lipinski definition) is 0. The summed E-state index contributed by atoms with van der Waals surface area (Å²) in [5.41, 5.74) is 0.989. The van der Waals surface area contributed by atoms with E-state index in [0.29, 0.717) is 4.47 Å². The van der Waals surface area contributed by atoms with Crippen molar-refractivity contribution >= 4 is 33.4 Å². The van der Waals surface area contributed by atoms with Crippen LogP contribution in [0.1, 0.15) is 5.56 Å². The fourth-order valence-electron chi connectivity index (χ4n) is 1.52. The molecule has 0 aromatic heterocycles. The molecule has 18 heavy (non-hydrogen) atoms. The van der Waals surface area contributed by atoms with E-state index in [4.69, 9.17) is 0 Å². The lowest BCUT2D eigenvalue weighted by Gasteiger charge is -2.07. The minimum atomic E-state index is -0.381. The molecule has 3 nitrogen and oxygen atoms in total. The molecule has 0 bridgehead atoms. The Morgan fingerprint density at radius 1 is 1.17 bits per heavy atom. The maximum absolute atomic E-state index is 10.8. The van der Waals surface area contributed by atoms with Gasteiger partial charge in [0, 0.05) is 15.9 Å². The number of nitro groups is 1. The summed E-state index contributed by atoms with van der Waals surface area (Å²) in [7, 11) is 0. The Kier molecular flexibility index (Phi) is 4.04. The molecule has 0 N–H and O–H groups in total. The number of rotatable bonds is 3. The zero-order valence-electron chi connectivity index (χ0n) is 9.59. The van der Waals surface area contributed by atoms with Crippen LogP contribution >= 0.6 is 27.7 Å². The monoisotopic (exact) mass is 323 g/mol. The second-order valence-corrected chi connectivity index (χ2v) is 5.60. The first kappa shape index (κ1) is 13.1. The minimum absolute atomic E-state index is 0.102. The lowest BCUT2D eigenvalue weighted by molar-refractivity contribution is -0.385. The van der Waals surface area contributed by atoms with Crippen LogP contribution in [0.5, 0.6) is 0 Å². The Hall–Kier alpha value is -1.33. The second kappa shape index (κ2) is 5.54. The van der Waals surface area contributed by atoms with Crippen molar-refractivity contribution in [2.75, 3.05) is 0 Å². The van der Waals surface area contributed by atoms with Gasteiger partial charge in [0.25, 0.3) is 5.69 Å². The lowest BCUT2D eigenvalue weighted by Crippen LogP contribution is -1.92. The normalized spacial score (nSPS) is 10.3. The first-order chi connectivity index (χ1) is 8.59. The van der Waals surface area contributed by atoms with E-state index < -0.39 is 0 Å². The third kappa shape index (κ3) is 2.73. The summed E-state index contributed by atoms with van der Waals surface area (Å²) in [5, 5.41) is 10.8. The number of benzene rings is 2. The second-order valence-electron chi connectivity index (χ2n) is 3.69. The third-order valence-electron chi connectivity index (χ3n) is 2.48. The molecule has 0 saturated carbocycles. The molecular weight excluding hydrogens is 314 g/mol. The van der Waals surface area contributed by atoms with Crippen LogP contribution in [0.25, 0.3) is 0 Å². The first-order valence-corrected chi connectivity index (χ1v) is 6.87. The highest BCUT2D eigenvalue weighted by molar-refractivity contribution is 9.10. The minimum Gasteiger partial charge on any atom is -0.258 e. The zero-order chi connectivity index (χ0) is 13.1. The quantitative estimate of drug-likeness (QED) is 0.601. The first-order valence-electron chi connectivity index (χ1n) is 5.26. The molecule has 0 radical (unpaired) electrons. The van der Waals surface area contributed by atoms with Crippen molar-refractivity contribution in [3.8, 4) is 0 Å². The van der Waals surface area contributed by atoms with Gasteiger partial charge >= 0.3 is 0 Å². The van der Waals surface area contributed by atoms with E-state index in [1.165, 1.54) is 6.07 Å². The highest BCUT2D eigenvalue weighted by Gasteiger charge is 2.16. The largest absolute Gasteiger partial charge is 0.283 e. The Labute approximate surface area is 117 Å². The summed E-state index contributed by atoms with van der Waals surface area (Å²) in [6.07, 6.45) is 0. The van der Waals surface area contributed by atoms with Crippen LogP contribution in [-0.4, -0.2) is 4.92 Å². The Morgan fingerprint density at radius 2 is 1.83 bits per heavy atom. The number of hydrogen-bond acceptors (Lipinski definition) is 3. The highest BCUT2D eigenvalue weighted by Crippen LogP contribution is 2.37. The van der Waals surface area contributed by atoms with Crippen molar-refractivity contribution in [2.24, 2.45) is 0 Å². The summed E-state index contributed by atoms with van der Waals surface area (Å²) in [6.45, 7) is 1.88. The van der Waals surface area contributed by atoms with Crippen molar-refractivity contribution in [2.45, 2.75) is 16.7 Å². The van der Waals surface area contributed by atoms with Gasteiger partial charge in [-0.05, 0) is 46.6 Å². The van der Waals surface area contributed by atoms with E-state index in [2.05, 4.69) is 15.9 Å². The van der Waals surface area contributed by atoms with E-state index in [1.807, 2.05) is 37.3 Å². The molecule has 0 heterocycles. The zero-order valence-corrected chi connectivity index (χ0v) is 12.0. The van der Waals surface area contributed by atoms with E-state index >= 15 is 0 Å². The smallest absolute Gasteiger partial charge is 0.258 e. The van der Waals surface area contributed by atoms with Gasteiger partial charge in [-0.25, -0.2) is 0 Å². The molecular formula is C13H10BrNO2S. The molecule has 0 aliphatic carbocycles. The molecule has 0 amide bonds. The number of nitrogens with zero attached hydrogens (tertiary/aromatic N) is 1. The Balaban J connectivity index is 2.36. The van der Waals surface area contributed by atoms with Crippen molar-refractivity contribution in [3.05, 3.63) is 62.6 Å². The molecule has 0 unspecified atom stereocenters. The van der Waals surface area contributed by atoms with Crippen LogP contribution in [0.4, 0.5) is 5.69 Å². The molecule has 2 aromatic carbocycles. The fourth-order valence-corrected chi connectivity index (χ4v) is 3.08. The van der Waals surface area contributed by atoms with Crippen LogP contribution in [-0.2, 0) is 0 Å². The van der Waals surface area contributed by atoms with E-state index in [0.717, 1.165) is 15.4 Å². The predicted octanol–water partition coefficient (Wildman–Crippen LogP) is 4.82. The van der Waals surface area contributed by atoms with Gasteiger partial charge in [-0.3, -0.25) is 10.1 Å². The maximum Gasteiger partial charge on any atom is 0.283 e. The van der Waals surface area contributed by atoms with Crippen LogP contribution in [0.15, 0.2) is 56.7 Å². The lowest BCUT2D eigenvalue weighted by atomic mass is 10.2. The van der Waals surface area contributed by atoms with Gasteiger partial charge in [0.2, 0.25) is 0 Å². The summed E-state index contributed by atoms with van der Waals surface area (Å²) in [4.78, 5) is 12.6. The molecule has 0 spiro atoms. The summed E-state index contributed by atoms with van der Waals surface area (Å²) >= 11 is 4.89. The summed E-state index contributed by atoms with van der Waals surface area (Å²) in [5.74, 6) is 0. The molecule has 5 heteroatoms. The summed E-state index contributed by atoms with van der Waals surface area (Å²) in [6, 6.07) is 13.2. The van der Waals surface area contributed by atoms with Crippen LogP contribution in [0.2, 0.25) is 0 Å². The van der Waals surface area contributed by atoms with Crippen molar-refractivity contribution in [1.82, 2.24) is 0 Å². The van der Waals surface area contributed by atoms with E-state index in [9.17, 15) is 10.1 Å². The topological polar surface area (TPSA) is 43.1 Å². The van der Waals surface area contributed by atoms with Gasteiger partial charge in [0.05, 0.1) is 9.40 Å². The molecule has 0 aliphatic rings. The van der Waals surface area contributed by atoms with Gasteiger partial charge in [0.15, 0.2) is 0 Å². The highest BCUT2D eigenvalue weighted by atomic mass is 79.9. The predicted molar refractivity (Wildman–Crippen MR) is 76.1 cm³/mol. The number of nitro benzene ring substituents is 1. The molecule has 0 aliphatic heterocycles. The van der Waals surface area contributed by atoms with E-state index in [-0.39, 0.29) is 10.6 Å². The molecule has 0 fully saturated rings. The van der Waals surface area contributed by atoms with Crippen LogP contribution in [0, 0.1) is 17.0 Å². The molecule has 0 saturated heterocycles. The van der Waals surface area contributed by atoms with Crippen LogP contribution < -0.4 is 0 Å². The van der Waals surface area contributed by atoms with Gasteiger partial charge < -0.3 is 0 Å².